The maximum atomic E-state index is 6.33. The Kier molecular flexibility index (Phi) is 9.57. The predicted octanol–water partition coefficient (Wildman–Crippen LogP) is 2.79. The predicted molar refractivity (Wildman–Crippen MR) is 121 cm³/mol. The summed E-state index contributed by atoms with van der Waals surface area (Å²) in [5, 5.41) is 6.84. The lowest BCUT2D eigenvalue weighted by Crippen LogP contribution is -2.38. The standard InChI is InChI=1S/C23H38N4O3/c1-24-23(25-12-5-6-13-27-14-16-29-17-15-27)26-18-19-8-7-11-21(28-2)22(19)30-20-9-3-4-10-20/h7-8,11,20H,3-6,9-10,12-18H2,1-2H3,(H2,24,25,26). The van der Waals surface area contributed by atoms with Crippen molar-refractivity contribution in [2.45, 2.75) is 51.2 Å². The van der Waals surface area contributed by atoms with Gasteiger partial charge in [-0.1, -0.05) is 12.1 Å². The second kappa shape index (κ2) is 12.6. The Hall–Kier alpha value is -1.99. The van der Waals surface area contributed by atoms with Crippen LogP contribution in [0.25, 0.3) is 0 Å². The highest BCUT2D eigenvalue weighted by molar-refractivity contribution is 5.79. The van der Waals surface area contributed by atoms with Gasteiger partial charge in [0.15, 0.2) is 17.5 Å². The summed E-state index contributed by atoms with van der Waals surface area (Å²) in [6, 6.07) is 6.07. The maximum Gasteiger partial charge on any atom is 0.191 e. The van der Waals surface area contributed by atoms with E-state index in [1.54, 1.807) is 7.11 Å². The highest BCUT2D eigenvalue weighted by Crippen LogP contribution is 2.34. The van der Waals surface area contributed by atoms with Gasteiger partial charge in [0.25, 0.3) is 0 Å². The summed E-state index contributed by atoms with van der Waals surface area (Å²) in [6.45, 7) is 6.55. The molecule has 1 saturated carbocycles. The minimum atomic E-state index is 0.295. The quantitative estimate of drug-likeness (QED) is 0.346. The molecule has 2 N–H and O–H groups in total. The fourth-order valence-corrected chi connectivity index (χ4v) is 4.06. The topological polar surface area (TPSA) is 67.4 Å². The van der Waals surface area contributed by atoms with Crippen molar-refractivity contribution in [3.8, 4) is 11.5 Å². The van der Waals surface area contributed by atoms with E-state index in [2.05, 4.69) is 26.6 Å². The first-order valence-electron chi connectivity index (χ1n) is 11.4. The number of nitrogens with zero attached hydrogens (tertiary/aromatic N) is 2. The number of morpholine rings is 1. The number of aliphatic imine (C=N–C) groups is 1. The lowest BCUT2D eigenvalue weighted by molar-refractivity contribution is 0.0372. The molecule has 1 heterocycles. The van der Waals surface area contributed by atoms with Crippen LogP contribution in [0.4, 0.5) is 0 Å². The number of benzene rings is 1. The van der Waals surface area contributed by atoms with E-state index in [1.165, 1.54) is 19.3 Å². The zero-order valence-electron chi connectivity index (χ0n) is 18.6. The number of ether oxygens (including phenoxy) is 3. The molecule has 0 aromatic heterocycles. The first kappa shape index (κ1) is 22.7. The number of guanidine groups is 1. The average molecular weight is 419 g/mol. The molecule has 30 heavy (non-hydrogen) atoms. The van der Waals surface area contributed by atoms with Crippen molar-refractivity contribution in [2.75, 3.05) is 53.6 Å². The Morgan fingerprint density at radius 2 is 1.97 bits per heavy atom. The summed E-state index contributed by atoms with van der Waals surface area (Å²) < 4.78 is 17.3. The SMILES string of the molecule is CN=C(NCCCCN1CCOCC1)NCc1cccc(OC)c1OC1CCCC1. The summed E-state index contributed by atoms with van der Waals surface area (Å²) >= 11 is 0. The van der Waals surface area contributed by atoms with Crippen LogP contribution in [0.3, 0.4) is 0 Å². The van der Waals surface area contributed by atoms with Gasteiger partial charge in [0.05, 0.1) is 26.4 Å². The molecule has 1 saturated heterocycles. The van der Waals surface area contributed by atoms with Gasteiger partial charge in [-0.3, -0.25) is 9.89 Å². The molecule has 0 unspecified atom stereocenters. The van der Waals surface area contributed by atoms with Crippen LogP contribution in [0.1, 0.15) is 44.1 Å². The molecule has 7 nitrogen and oxygen atoms in total. The monoisotopic (exact) mass is 418 g/mol. The molecule has 0 radical (unpaired) electrons. The molecule has 7 heteroatoms. The molecule has 1 aliphatic carbocycles. The zero-order valence-corrected chi connectivity index (χ0v) is 18.6. The number of nitrogens with one attached hydrogen (secondary N) is 2. The molecular weight excluding hydrogens is 380 g/mol. The van der Waals surface area contributed by atoms with Crippen LogP contribution in [0.15, 0.2) is 23.2 Å². The van der Waals surface area contributed by atoms with Gasteiger partial charge in [-0.2, -0.15) is 0 Å². The highest BCUT2D eigenvalue weighted by Gasteiger charge is 2.20. The Bertz CT molecular complexity index is 656. The largest absolute Gasteiger partial charge is 0.493 e. The molecule has 3 rings (SSSR count). The second-order valence-electron chi connectivity index (χ2n) is 7.99. The average Bonchev–Trinajstić information content (AvgIpc) is 3.30. The van der Waals surface area contributed by atoms with Crippen molar-refractivity contribution in [1.82, 2.24) is 15.5 Å². The molecule has 0 spiro atoms. The summed E-state index contributed by atoms with van der Waals surface area (Å²) in [5.74, 6) is 2.48. The molecule has 2 fully saturated rings. The Morgan fingerprint density at radius 1 is 1.17 bits per heavy atom. The van der Waals surface area contributed by atoms with Crippen LogP contribution >= 0.6 is 0 Å². The first-order valence-corrected chi connectivity index (χ1v) is 11.4. The van der Waals surface area contributed by atoms with Gasteiger partial charge in [-0.25, -0.2) is 0 Å². The van der Waals surface area contributed by atoms with Gasteiger partial charge in [-0.05, 0) is 51.1 Å². The van der Waals surface area contributed by atoms with Crippen LogP contribution in [-0.2, 0) is 11.3 Å². The fourth-order valence-electron chi connectivity index (χ4n) is 4.06. The number of hydrogen-bond acceptors (Lipinski definition) is 5. The smallest absolute Gasteiger partial charge is 0.191 e. The lowest BCUT2D eigenvalue weighted by Gasteiger charge is -2.26. The summed E-state index contributed by atoms with van der Waals surface area (Å²) in [4.78, 5) is 6.84. The molecule has 0 bridgehead atoms. The number of unbranched alkanes of at least 4 members (excludes halogenated alkanes) is 1. The summed E-state index contributed by atoms with van der Waals surface area (Å²) in [7, 11) is 3.51. The minimum absolute atomic E-state index is 0.295. The van der Waals surface area contributed by atoms with Gasteiger partial charge >= 0.3 is 0 Å². The summed E-state index contributed by atoms with van der Waals surface area (Å²) in [6.07, 6.45) is 7.33. The van der Waals surface area contributed by atoms with Crippen molar-refractivity contribution in [2.24, 2.45) is 4.99 Å². The molecule has 168 valence electrons. The minimum Gasteiger partial charge on any atom is -0.493 e. The van der Waals surface area contributed by atoms with Gasteiger partial charge in [0, 0.05) is 38.8 Å². The van der Waals surface area contributed by atoms with Crippen LogP contribution in [0.5, 0.6) is 11.5 Å². The van der Waals surface area contributed by atoms with Gasteiger partial charge in [-0.15, -0.1) is 0 Å². The molecule has 1 aromatic rings. The third-order valence-corrected chi connectivity index (χ3v) is 5.83. The van der Waals surface area contributed by atoms with E-state index in [0.717, 1.165) is 81.7 Å². The third-order valence-electron chi connectivity index (χ3n) is 5.83. The van der Waals surface area contributed by atoms with Crippen molar-refractivity contribution in [1.29, 1.82) is 0 Å². The third kappa shape index (κ3) is 7.06. The molecule has 0 atom stereocenters. The van der Waals surface area contributed by atoms with Crippen molar-refractivity contribution < 1.29 is 14.2 Å². The number of rotatable bonds is 10. The van der Waals surface area contributed by atoms with Crippen LogP contribution in [0.2, 0.25) is 0 Å². The molecule has 2 aliphatic rings. The van der Waals surface area contributed by atoms with Crippen LogP contribution < -0.4 is 20.1 Å². The number of hydrogen-bond donors (Lipinski definition) is 2. The van der Waals surface area contributed by atoms with Crippen LogP contribution in [-0.4, -0.2) is 70.5 Å². The van der Waals surface area contributed by atoms with E-state index in [1.807, 2.05) is 19.2 Å². The van der Waals surface area contributed by atoms with Gasteiger partial charge in [0.1, 0.15) is 0 Å². The first-order chi connectivity index (χ1) is 14.8. The maximum absolute atomic E-state index is 6.33. The van der Waals surface area contributed by atoms with Crippen molar-refractivity contribution in [3.05, 3.63) is 23.8 Å². The second-order valence-corrected chi connectivity index (χ2v) is 7.99. The van der Waals surface area contributed by atoms with Crippen LogP contribution in [0, 0.1) is 0 Å². The van der Waals surface area contributed by atoms with Crippen molar-refractivity contribution in [3.63, 3.8) is 0 Å². The number of methoxy groups -OCH3 is 1. The van der Waals surface area contributed by atoms with E-state index in [0.29, 0.717) is 12.6 Å². The molecular formula is C23H38N4O3. The highest BCUT2D eigenvalue weighted by atomic mass is 16.5. The van der Waals surface area contributed by atoms with E-state index in [4.69, 9.17) is 14.2 Å². The molecule has 1 aromatic carbocycles. The normalized spacial score (nSPS) is 18.4. The van der Waals surface area contributed by atoms with Gasteiger partial charge in [0.2, 0.25) is 0 Å². The molecule has 0 amide bonds. The zero-order chi connectivity index (χ0) is 21.0. The number of para-hydroxylation sites is 1. The Balaban J connectivity index is 1.43. The van der Waals surface area contributed by atoms with Crippen molar-refractivity contribution >= 4 is 5.96 Å². The Labute approximate surface area is 181 Å². The fraction of sp³-hybridized carbons (Fsp3) is 0.696. The molecule has 1 aliphatic heterocycles. The van der Waals surface area contributed by atoms with Gasteiger partial charge < -0.3 is 24.8 Å². The van der Waals surface area contributed by atoms with E-state index in [-0.39, 0.29) is 0 Å². The van der Waals surface area contributed by atoms with E-state index >= 15 is 0 Å². The van der Waals surface area contributed by atoms with E-state index in [9.17, 15) is 0 Å². The Morgan fingerprint density at radius 3 is 2.70 bits per heavy atom. The summed E-state index contributed by atoms with van der Waals surface area (Å²) in [5.41, 5.74) is 1.09. The lowest BCUT2D eigenvalue weighted by atomic mass is 10.1. The van der Waals surface area contributed by atoms with E-state index < -0.39 is 0 Å².